The van der Waals surface area contributed by atoms with Crippen LogP contribution in [0.15, 0.2) is 109 Å². The average Bonchev–Trinajstić information content (AvgIpc) is 3.43. The van der Waals surface area contributed by atoms with E-state index >= 15 is 0 Å². The Morgan fingerprint density at radius 3 is 2.05 bits per heavy atom. The van der Waals surface area contributed by atoms with Crippen LogP contribution in [0.1, 0.15) is 25.0 Å². The lowest BCUT2D eigenvalue weighted by Crippen LogP contribution is -2.14. The van der Waals surface area contributed by atoms with Crippen molar-refractivity contribution < 1.29 is 0 Å². The van der Waals surface area contributed by atoms with Crippen molar-refractivity contribution in [3.63, 3.8) is 0 Å². The Bertz CT molecular complexity index is 2310. The van der Waals surface area contributed by atoms with E-state index in [1.165, 1.54) is 85.5 Å². The zero-order chi connectivity index (χ0) is 25.2. The molecule has 0 bridgehead atoms. The molecule has 38 heavy (non-hydrogen) atoms. The highest BCUT2D eigenvalue weighted by Crippen LogP contribution is 2.53. The van der Waals surface area contributed by atoms with Crippen LogP contribution in [0.2, 0.25) is 0 Å². The van der Waals surface area contributed by atoms with Gasteiger partial charge in [-0.15, -0.1) is 11.3 Å². The molecule has 1 aliphatic carbocycles. The molecule has 0 nitrogen and oxygen atoms in total. The maximum Gasteiger partial charge on any atom is 0.0362 e. The summed E-state index contributed by atoms with van der Waals surface area (Å²) >= 11 is 1.94. The van der Waals surface area contributed by atoms with Gasteiger partial charge in [-0.1, -0.05) is 105 Å². The van der Waals surface area contributed by atoms with Crippen LogP contribution in [-0.4, -0.2) is 0 Å². The van der Waals surface area contributed by atoms with Gasteiger partial charge in [-0.05, 0) is 83.5 Å². The molecule has 1 heteroatoms. The predicted molar refractivity (Wildman–Crippen MR) is 167 cm³/mol. The lowest BCUT2D eigenvalue weighted by Gasteiger charge is -2.21. The average molecular weight is 501 g/mol. The summed E-state index contributed by atoms with van der Waals surface area (Å²) in [5.41, 5.74) is 5.67. The third-order valence-corrected chi connectivity index (χ3v) is 10.1. The smallest absolute Gasteiger partial charge is 0.0362 e. The van der Waals surface area contributed by atoms with Crippen molar-refractivity contribution >= 4 is 74.6 Å². The lowest BCUT2D eigenvalue weighted by atomic mass is 9.82. The molecule has 178 valence electrons. The minimum atomic E-state index is 0.0141. The van der Waals surface area contributed by atoms with E-state index in [2.05, 4.69) is 123 Å². The first-order valence-corrected chi connectivity index (χ1v) is 14.2. The van der Waals surface area contributed by atoms with Gasteiger partial charge in [0.05, 0.1) is 0 Å². The molecule has 1 aromatic heterocycles. The van der Waals surface area contributed by atoms with Crippen LogP contribution in [0, 0.1) is 0 Å². The molecule has 0 saturated heterocycles. The van der Waals surface area contributed by atoms with Crippen LogP contribution >= 0.6 is 11.3 Å². The number of hydrogen-bond donors (Lipinski definition) is 0. The molecule has 0 saturated carbocycles. The highest BCUT2D eigenvalue weighted by molar-refractivity contribution is 7.26. The molecule has 0 spiro atoms. The summed E-state index contributed by atoms with van der Waals surface area (Å²) in [7, 11) is 0. The second-order valence-electron chi connectivity index (χ2n) is 11.3. The van der Waals surface area contributed by atoms with Crippen LogP contribution < -0.4 is 0 Å². The van der Waals surface area contributed by atoms with Crippen LogP contribution in [0.4, 0.5) is 0 Å². The normalized spacial score (nSPS) is 14.3. The van der Waals surface area contributed by atoms with Gasteiger partial charge in [0.25, 0.3) is 0 Å². The van der Waals surface area contributed by atoms with Gasteiger partial charge in [0.15, 0.2) is 0 Å². The standard InChI is InChI=1S/C37H24S/c1-37(2)30-14-8-7-12-24(30)28-19-29-33(20-31(28)37)38-32-18-17-27-34-22-10-4-3-9-21(22)15-16-26(34)23-11-5-6-13-25(23)35(27)36(29)32/h3-20H,1-2H3. The molecular weight excluding hydrogens is 476 g/mol. The number of thiophene rings is 1. The molecule has 0 aliphatic heterocycles. The molecule has 0 unspecified atom stereocenters. The van der Waals surface area contributed by atoms with E-state index in [4.69, 9.17) is 0 Å². The van der Waals surface area contributed by atoms with E-state index in [1.807, 2.05) is 11.3 Å². The van der Waals surface area contributed by atoms with Gasteiger partial charge in [0.2, 0.25) is 0 Å². The predicted octanol–water partition coefficient (Wildman–Crippen LogP) is 11.0. The van der Waals surface area contributed by atoms with E-state index in [0.29, 0.717) is 0 Å². The number of hydrogen-bond acceptors (Lipinski definition) is 1. The number of benzene rings is 7. The molecule has 1 aliphatic rings. The SMILES string of the molecule is CC1(C)c2ccccc2-c2cc3c(cc21)sc1ccc2c4c5ccccc5ccc4c4ccccc4c2c13. The fourth-order valence-corrected chi connectivity index (χ4v) is 8.41. The maximum atomic E-state index is 2.50. The Kier molecular flexibility index (Phi) is 3.84. The Labute approximate surface area is 224 Å². The van der Waals surface area contributed by atoms with Crippen LogP contribution in [0.5, 0.6) is 0 Å². The van der Waals surface area contributed by atoms with E-state index in [0.717, 1.165) is 0 Å². The van der Waals surface area contributed by atoms with Gasteiger partial charge < -0.3 is 0 Å². The van der Waals surface area contributed by atoms with Crippen molar-refractivity contribution in [2.45, 2.75) is 19.3 Å². The maximum absolute atomic E-state index is 2.50. The third kappa shape index (κ3) is 2.46. The molecule has 7 aromatic carbocycles. The van der Waals surface area contributed by atoms with E-state index < -0.39 is 0 Å². The molecule has 0 atom stereocenters. The van der Waals surface area contributed by atoms with Gasteiger partial charge in [-0.3, -0.25) is 0 Å². The van der Waals surface area contributed by atoms with Crippen LogP contribution in [0.25, 0.3) is 74.4 Å². The summed E-state index contributed by atoms with van der Waals surface area (Å²) < 4.78 is 2.75. The molecule has 8 aromatic rings. The van der Waals surface area contributed by atoms with Crippen molar-refractivity contribution in [2.24, 2.45) is 0 Å². The summed E-state index contributed by atoms with van der Waals surface area (Å²) in [5, 5.41) is 13.5. The summed E-state index contributed by atoms with van der Waals surface area (Å²) in [6.45, 7) is 4.74. The summed E-state index contributed by atoms with van der Waals surface area (Å²) in [4.78, 5) is 0. The highest BCUT2D eigenvalue weighted by atomic mass is 32.1. The fourth-order valence-electron chi connectivity index (χ4n) is 7.27. The van der Waals surface area contributed by atoms with E-state index in [9.17, 15) is 0 Å². The van der Waals surface area contributed by atoms with E-state index in [-0.39, 0.29) is 5.41 Å². The van der Waals surface area contributed by atoms with Gasteiger partial charge in [-0.25, -0.2) is 0 Å². The van der Waals surface area contributed by atoms with Gasteiger partial charge >= 0.3 is 0 Å². The van der Waals surface area contributed by atoms with Crippen molar-refractivity contribution in [2.75, 3.05) is 0 Å². The largest absolute Gasteiger partial charge is 0.135 e. The third-order valence-electron chi connectivity index (χ3n) is 9.02. The van der Waals surface area contributed by atoms with Gasteiger partial charge in [0.1, 0.15) is 0 Å². The van der Waals surface area contributed by atoms with Crippen LogP contribution in [-0.2, 0) is 5.41 Å². The number of fused-ring (bicyclic) bond motifs is 15. The zero-order valence-electron chi connectivity index (χ0n) is 21.3. The Balaban J connectivity index is 1.54. The van der Waals surface area contributed by atoms with Crippen molar-refractivity contribution in [3.05, 3.63) is 120 Å². The topological polar surface area (TPSA) is 0 Å². The van der Waals surface area contributed by atoms with Crippen molar-refractivity contribution in [1.82, 2.24) is 0 Å². The second-order valence-corrected chi connectivity index (χ2v) is 12.4. The molecule has 0 N–H and O–H groups in total. The fraction of sp³-hybridized carbons (Fsp3) is 0.0811. The first-order valence-electron chi connectivity index (χ1n) is 13.4. The van der Waals surface area contributed by atoms with Crippen molar-refractivity contribution in [1.29, 1.82) is 0 Å². The molecular formula is C37H24S. The summed E-state index contributed by atoms with van der Waals surface area (Å²) in [6.07, 6.45) is 0. The van der Waals surface area contributed by atoms with Crippen molar-refractivity contribution in [3.8, 4) is 11.1 Å². The molecule has 0 amide bonds. The zero-order valence-corrected chi connectivity index (χ0v) is 22.1. The van der Waals surface area contributed by atoms with Crippen LogP contribution in [0.3, 0.4) is 0 Å². The van der Waals surface area contributed by atoms with Gasteiger partial charge in [-0.2, -0.15) is 0 Å². The second kappa shape index (κ2) is 7.01. The number of rotatable bonds is 0. The molecule has 0 fully saturated rings. The van der Waals surface area contributed by atoms with Gasteiger partial charge in [0, 0.05) is 25.6 Å². The highest BCUT2D eigenvalue weighted by Gasteiger charge is 2.35. The first kappa shape index (κ1) is 20.8. The Morgan fingerprint density at radius 1 is 0.447 bits per heavy atom. The van der Waals surface area contributed by atoms with E-state index in [1.54, 1.807) is 0 Å². The Hall–Kier alpha value is -4.20. The first-order chi connectivity index (χ1) is 18.6. The summed E-state index contributed by atoms with van der Waals surface area (Å²) in [6, 6.07) is 41.1. The Morgan fingerprint density at radius 2 is 1.16 bits per heavy atom. The molecule has 9 rings (SSSR count). The summed E-state index contributed by atoms with van der Waals surface area (Å²) in [5.74, 6) is 0. The minimum absolute atomic E-state index is 0.0141. The molecule has 1 heterocycles. The molecule has 0 radical (unpaired) electrons. The monoisotopic (exact) mass is 500 g/mol. The quantitative estimate of drug-likeness (QED) is 0.182. The lowest BCUT2D eigenvalue weighted by molar-refractivity contribution is 0.661. The minimum Gasteiger partial charge on any atom is -0.135 e.